The molecule has 0 radical (unpaired) electrons. The van der Waals surface area contributed by atoms with Gasteiger partial charge in [-0.3, -0.25) is 9.69 Å². The number of esters is 1. The number of hydrogen-bond acceptors (Lipinski definition) is 7. The van der Waals surface area contributed by atoms with Crippen molar-refractivity contribution in [3.8, 4) is 0 Å². The van der Waals surface area contributed by atoms with Gasteiger partial charge in [0.15, 0.2) is 14.0 Å². The number of thioether (sulfide) groups is 2. The molecule has 2 aliphatic rings. The van der Waals surface area contributed by atoms with E-state index in [0.717, 1.165) is 4.24 Å². The molecule has 9 heteroatoms. The molecule has 2 heterocycles. The molecule has 6 nitrogen and oxygen atoms in total. The van der Waals surface area contributed by atoms with E-state index in [0.29, 0.717) is 24.5 Å². The molecule has 1 amide bonds. The van der Waals surface area contributed by atoms with Crippen LogP contribution in [0.5, 0.6) is 0 Å². The molecule has 0 aromatic carbocycles. The first kappa shape index (κ1) is 20.8. The van der Waals surface area contributed by atoms with Crippen molar-refractivity contribution < 1.29 is 23.9 Å². The molecule has 1 saturated heterocycles. The molecule has 2 rings (SSSR count). The Bertz CT molecular complexity index is 573. The van der Waals surface area contributed by atoms with E-state index < -0.39 is 14.3 Å². The van der Waals surface area contributed by atoms with Crippen molar-refractivity contribution in [1.29, 1.82) is 0 Å². The summed E-state index contributed by atoms with van der Waals surface area (Å²) in [6.45, 7) is 11.3. The lowest BCUT2D eigenvalue weighted by molar-refractivity contribution is -0.149. The van der Waals surface area contributed by atoms with Gasteiger partial charge in [0.25, 0.3) is 0 Å². The molecule has 0 spiro atoms. The molecule has 1 atom stereocenters. The number of nitrogens with zero attached hydrogens (tertiary/aromatic N) is 1. The molecular weight excluding hydrogens is 378 g/mol. The summed E-state index contributed by atoms with van der Waals surface area (Å²) in [5.41, 5.74) is 0.331. The Morgan fingerprint density at radius 2 is 2.08 bits per heavy atom. The topological polar surface area (TPSA) is 76.1 Å². The molecule has 0 aromatic heterocycles. The predicted molar refractivity (Wildman–Crippen MR) is 104 cm³/mol. The summed E-state index contributed by atoms with van der Waals surface area (Å²) in [7, 11) is -1.87. The largest absolute Gasteiger partial charge is 0.459 e. The summed E-state index contributed by atoms with van der Waals surface area (Å²) in [5, 5.41) is 9.11. The number of amides is 1. The number of ether oxygens (including phenoxy) is 1. The fourth-order valence-electron chi connectivity index (χ4n) is 2.17. The third-order valence-electron chi connectivity index (χ3n) is 4.69. The smallest absolute Gasteiger partial charge is 0.356 e. The van der Waals surface area contributed by atoms with Crippen LogP contribution in [-0.4, -0.2) is 61.1 Å². The number of aliphatic hydroxyl groups is 1. The fraction of sp³-hybridized carbons (Fsp3) is 0.750. The van der Waals surface area contributed by atoms with Crippen LogP contribution in [0.3, 0.4) is 0 Å². The van der Waals surface area contributed by atoms with Crippen molar-refractivity contribution in [1.82, 2.24) is 4.90 Å². The zero-order chi connectivity index (χ0) is 18.8. The van der Waals surface area contributed by atoms with Gasteiger partial charge in [0.05, 0.1) is 29.2 Å². The van der Waals surface area contributed by atoms with E-state index in [1.807, 2.05) is 0 Å². The minimum absolute atomic E-state index is 0.000255. The van der Waals surface area contributed by atoms with Crippen LogP contribution in [0.2, 0.25) is 18.1 Å². The Balaban J connectivity index is 1.91. The second-order valence-electron chi connectivity index (χ2n) is 7.49. The van der Waals surface area contributed by atoms with Gasteiger partial charge in [-0.2, -0.15) is 0 Å². The van der Waals surface area contributed by atoms with Crippen molar-refractivity contribution >= 4 is 43.7 Å². The molecule has 0 aliphatic carbocycles. The lowest BCUT2D eigenvalue weighted by Gasteiger charge is -2.36. The maximum atomic E-state index is 12.5. The van der Waals surface area contributed by atoms with Crippen LogP contribution in [0.4, 0.5) is 0 Å². The van der Waals surface area contributed by atoms with Crippen molar-refractivity contribution in [2.45, 2.75) is 50.7 Å². The second-order valence-corrected chi connectivity index (χ2v) is 14.9. The predicted octanol–water partition coefficient (Wildman–Crippen LogP) is 2.75. The van der Waals surface area contributed by atoms with Crippen LogP contribution in [-0.2, 0) is 18.8 Å². The third-order valence-corrected chi connectivity index (χ3v) is 11.8. The summed E-state index contributed by atoms with van der Waals surface area (Å²) in [6, 6.07) is 0. The normalized spacial score (nSPS) is 20.6. The Labute approximate surface area is 158 Å². The first-order valence-electron chi connectivity index (χ1n) is 8.36. The molecule has 142 valence electrons. The van der Waals surface area contributed by atoms with Gasteiger partial charge < -0.3 is 14.3 Å². The van der Waals surface area contributed by atoms with Gasteiger partial charge in [-0.15, -0.1) is 11.8 Å². The first-order chi connectivity index (χ1) is 11.6. The summed E-state index contributed by atoms with van der Waals surface area (Å²) in [5.74, 6) is -0.0496. The van der Waals surface area contributed by atoms with E-state index in [-0.39, 0.29) is 29.5 Å². The minimum Gasteiger partial charge on any atom is -0.459 e. The highest BCUT2D eigenvalue weighted by molar-refractivity contribution is 8.22. The lowest BCUT2D eigenvalue weighted by atomic mass is 10.2. The number of aliphatic hydroxyl groups excluding tert-OH is 1. The Morgan fingerprint density at radius 3 is 2.64 bits per heavy atom. The summed E-state index contributed by atoms with van der Waals surface area (Å²) in [4.78, 5) is 25.8. The number of hydrogen-bond donors (Lipinski definition) is 1. The van der Waals surface area contributed by atoms with E-state index in [9.17, 15) is 9.59 Å². The van der Waals surface area contributed by atoms with Crippen LogP contribution < -0.4 is 0 Å². The van der Waals surface area contributed by atoms with Crippen LogP contribution in [0, 0.1) is 0 Å². The zero-order valence-electron chi connectivity index (χ0n) is 15.5. The highest BCUT2D eigenvalue weighted by Crippen LogP contribution is 2.50. The van der Waals surface area contributed by atoms with Crippen molar-refractivity contribution in [3.63, 3.8) is 0 Å². The van der Waals surface area contributed by atoms with Crippen LogP contribution in [0.15, 0.2) is 9.93 Å². The average molecular weight is 406 g/mol. The number of fused-ring (bicyclic) bond motifs is 1. The van der Waals surface area contributed by atoms with E-state index in [1.165, 1.54) is 28.4 Å². The highest BCUT2D eigenvalue weighted by atomic mass is 32.2. The molecule has 0 unspecified atom stereocenters. The quantitative estimate of drug-likeness (QED) is 0.288. The van der Waals surface area contributed by atoms with Gasteiger partial charge in [0.2, 0.25) is 5.91 Å². The van der Waals surface area contributed by atoms with E-state index >= 15 is 0 Å². The van der Waals surface area contributed by atoms with E-state index in [2.05, 4.69) is 33.9 Å². The molecule has 2 aliphatic heterocycles. The number of rotatable bonds is 8. The van der Waals surface area contributed by atoms with E-state index in [4.69, 9.17) is 14.3 Å². The standard InChI is InChI=1S/C16H27NO5S2Si/c1-16(2,3)25(4,5)22-8-7-21-14(20)13-15(23-9-6-18)24-12-10-11(19)17(12)13/h12,18H,6-10H2,1-5H3/t12-/m1/s1. The number of carbonyl (C=O) groups excluding carboxylic acids is 2. The Hall–Kier alpha value is -0.483. The summed E-state index contributed by atoms with van der Waals surface area (Å²) >= 11 is 2.89. The maximum Gasteiger partial charge on any atom is 0.356 e. The first-order valence-corrected chi connectivity index (χ1v) is 13.1. The van der Waals surface area contributed by atoms with Gasteiger partial charge in [-0.25, -0.2) is 4.79 Å². The van der Waals surface area contributed by atoms with E-state index in [1.54, 1.807) is 0 Å². The molecule has 0 saturated carbocycles. The third kappa shape index (κ3) is 4.63. The zero-order valence-corrected chi connectivity index (χ0v) is 18.1. The van der Waals surface area contributed by atoms with Crippen LogP contribution in [0.1, 0.15) is 27.2 Å². The van der Waals surface area contributed by atoms with Crippen molar-refractivity contribution in [2.75, 3.05) is 25.6 Å². The molecule has 1 N–H and O–H groups in total. The van der Waals surface area contributed by atoms with Crippen LogP contribution in [0.25, 0.3) is 0 Å². The SMILES string of the molecule is CC(C)(C)[Si](C)(C)OCCOC(=O)C1=C(SCCO)S[C@@H]2CC(=O)N12. The Morgan fingerprint density at radius 1 is 1.40 bits per heavy atom. The summed E-state index contributed by atoms with van der Waals surface area (Å²) < 4.78 is 12.1. The fourth-order valence-corrected chi connectivity index (χ4v) is 5.74. The van der Waals surface area contributed by atoms with Crippen LogP contribution >= 0.6 is 23.5 Å². The van der Waals surface area contributed by atoms with Gasteiger partial charge in [-0.1, -0.05) is 32.5 Å². The van der Waals surface area contributed by atoms with Gasteiger partial charge in [0, 0.05) is 5.75 Å². The van der Waals surface area contributed by atoms with Crippen molar-refractivity contribution in [3.05, 3.63) is 9.93 Å². The van der Waals surface area contributed by atoms with Crippen molar-refractivity contribution in [2.24, 2.45) is 0 Å². The molecule has 0 bridgehead atoms. The second kappa shape index (κ2) is 8.04. The van der Waals surface area contributed by atoms with Gasteiger partial charge in [0.1, 0.15) is 6.61 Å². The lowest BCUT2D eigenvalue weighted by Crippen LogP contribution is -2.48. The molecular formula is C16H27NO5S2Si. The average Bonchev–Trinajstić information content (AvgIpc) is 2.80. The monoisotopic (exact) mass is 405 g/mol. The number of carbonyl (C=O) groups is 2. The molecule has 1 fully saturated rings. The number of β-lactam (4-membered cyclic amide) rings is 1. The van der Waals surface area contributed by atoms with Gasteiger partial charge in [-0.05, 0) is 18.1 Å². The maximum absolute atomic E-state index is 12.5. The summed E-state index contributed by atoms with van der Waals surface area (Å²) in [6.07, 6.45) is 0.444. The Kier molecular flexibility index (Phi) is 6.69. The minimum atomic E-state index is -1.87. The molecule has 25 heavy (non-hydrogen) atoms. The highest BCUT2D eigenvalue weighted by Gasteiger charge is 2.49. The van der Waals surface area contributed by atoms with Gasteiger partial charge >= 0.3 is 5.97 Å². The molecule has 0 aromatic rings.